The molecule has 0 aromatic rings. The maximum atomic E-state index is 2.78. The molecule has 5 heteroatoms. The Hall–Kier alpha value is 0.372. The lowest BCUT2D eigenvalue weighted by Gasteiger charge is -2.37. The summed E-state index contributed by atoms with van der Waals surface area (Å²) >= 11 is -1.13. The lowest BCUT2D eigenvalue weighted by molar-refractivity contribution is 0.281. The van der Waals surface area contributed by atoms with E-state index < -0.39 is 14.8 Å². The quantitative estimate of drug-likeness (QED) is 0.653. The van der Waals surface area contributed by atoms with Crippen molar-refractivity contribution in [3.63, 3.8) is 0 Å². The second-order valence-corrected chi connectivity index (χ2v) is 9.19. The molecule has 4 nitrogen and oxygen atoms in total. The summed E-state index contributed by atoms with van der Waals surface area (Å²) < 4.78 is 8.31. The molecule has 1 aliphatic rings. The largest absolute Gasteiger partial charge is 0.609 e. The highest BCUT2D eigenvalue weighted by molar-refractivity contribution is 6.50. The van der Waals surface area contributed by atoms with E-state index >= 15 is 0 Å². The molecule has 1 rings (SSSR count). The molecule has 1 heterocycles. The Balaban J connectivity index is 2.79. The average Bonchev–Trinajstić information content (AvgIpc) is 2.74. The third kappa shape index (κ3) is 4.70. The van der Waals surface area contributed by atoms with Gasteiger partial charge < -0.3 is 16.6 Å². The Bertz CT molecular complexity index is 242. The van der Waals surface area contributed by atoms with Crippen molar-refractivity contribution in [1.29, 1.82) is 0 Å². The highest BCUT2D eigenvalue weighted by Crippen LogP contribution is 2.19. The Morgan fingerprint density at radius 1 is 0.947 bits per heavy atom. The summed E-state index contributed by atoms with van der Waals surface area (Å²) in [6.07, 6.45) is 0. The first-order chi connectivity index (χ1) is 8.88. The normalized spacial score (nSPS) is 18.8. The molecule has 1 fully saturated rings. The van der Waals surface area contributed by atoms with Crippen LogP contribution in [0.15, 0.2) is 0 Å². The molecular formula is C14H33AlN4. The smallest absolute Gasteiger partial charge is 0.356 e. The molecule has 0 spiro atoms. The van der Waals surface area contributed by atoms with Crippen LogP contribution in [0.25, 0.3) is 0 Å². The zero-order valence-corrected chi connectivity index (χ0v) is 15.2. The molecule has 0 aromatic carbocycles. The Kier molecular flexibility index (Phi) is 7.31. The molecule has 112 valence electrons. The molecule has 0 radical (unpaired) electrons. The van der Waals surface area contributed by atoms with Crippen molar-refractivity contribution in [2.75, 3.05) is 46.8 Å². The summed E-state index contributed by atoms with van der Waals surface area (Å²) in [7, 11) is 4.34. The van der Waals surface area contributed by atoms with Crippen molar-refractivity contribution in [3.8, 4) is 0 Å². The van der Waals surface area contributed by atoms with Crippen molar-refractivity contribution < 1.29 is 0 Å². The molecule has 0 unspecified atom stereocenters. The fourth-order valence-electron chi connectivity index (χ4n) is 2.89. The first kappa shape index (κ1) is 17.4. The Morgan fingerprint density at radius 2 is 1.42 bits per heavy atom. The summed E-state index contributed by atoms with van der Waals surface area (Å²) in [5.41, 5.74) is 0. The standard InChI is InChI=1S/C8H18N2.C6H15N2.Al/c1-7(2)9-5-6-10-8(3)4;1-4-7-5-6-8(2)3;/h7-8H,5-6H2,1-4H3;4-6H2,1-3H3;/q-2;-1;+3. The van der Waals surface area contributed by atoms with Gasteiger partial charge in [-0.3, -0.25) is 0 Å². The van der Waals surface area contributed by atoms with Crippen LogP contribution in [0.5, 0.6) is 0 Å². The van der Waals surface area contributed by atoms with Gasteiger partial charge in [0.1, 0.15) is 0 Å². The van der Waals surface area contributed by atoms with Gasteiger partial charge in [-0.25, -0.2) is 0 Å². The van der Waals surface area contributed by atoms with E-state index in [0.717, 1.165) is 6.54 Å². The van der Waals surface area contributed by atoms with E-state index in [2.05, 4.69) is 65.3 Å². The minimum Gasteiger partial charge on any atom is -0.356 e. The van der Waals surface area contributed by atoms with Gasteiger partial charge in [0.15, 0.2) is 0 Å². The van der Waals surface area contributed by atoms with Crippen molar-refractivity contribution in [2.24, 2.45) is 0 Å². The van der Waals surface area contributed by atoms with Gasteiger partial charge in [0.25, 0.3) is 0 Å². The SMILES string of the molecule is CC[N](CCN(C)C)[Al]1[N](C(C)C)CC[N]1C(C)C. The van der Waals surface area contributed by atoms with Crippen LogP contribution in [0.1, 0.15) is 34.6 Å². The van der Waals surface area contributed by atoms with Gasteiger partial charge >= 0.3 is 14.8 Å². The predicted octanol–water partition coefficient (Wildman–Crippen LogP) is 1.29. The van der Waals surface area contributed by atoms with Gasteiger partial charge in [-0.15, -0.1) is 0 Å². The van der Waals surface area contributed by atoms with Crippen molar-refractivity contribution in [3.05, 3.63) is 0 Å². The van der Waals surface area contributed by atoms with Crippen LogP contribution in [0, 0.1) is 0 Å². The molecule has 0 atom stereocenters. The number of likely N-dealkylation sites (N-methyl/N-ethyl adjacent to an activating group) is 2. The second-order valence-electron chi connectivity index (χ2n) is 6.44. The molecule has 1 saturated heterocycles. The molecule has 1 aliphatic heterocycles. The highest BCUT2D eigenvalue weighted by atomic mass is 27.2. The van der Waals surface area contributed by atoms with Crippen LogP contribution in [0.4, 0.5) is 0 Å². The lowest BCUT2D eigenvalue weighted by atomic mass is 10.3. The van der Waals surface area contributed by atoms with Gasteiger partial charge in [-0.05, 0) is 52.4 Å². The van der Waals surface area contributed by atoms with Crippen LogP contribution >= 0.6 is 0 Å². The van der Waals surface area contributed by atoms with Gasteiger partial charge in [0.2, 0.25) is 0 Å². The first-order valence-corrected chi connectivity index (χ1v) is 9.33. The molecule has 0 aliphatic carbocycles. The summed E-state index contributed by atoms with van der Waals surface area (Å²) in [4.78, 5) is 2.30. The third-order valence-electron chi connectivity index (χ3n) is 4.10. The number of hydrogen-bond acceptors (Lipinski definition) is 4. The Labute approximate surface area is 125 Å². The highest BCUT2D eigenvalue weighted by Gasteiger charge is 2.47. The van der Waals surface area contributed by atoms with E-state index in [-0.39, 0.29) is 0 Å². The van der Waals surface area contributed by atoms with E-state index in [1.54, 1.807) is 0 Å². The summed E-state index contributed by atoms with van der Waals surface area (Å²) in [6.45, 7) is 17.8. The van der Waals surface area contributed by atoms with E-state index in [1.165, 1.54) is 26.2 Å². The lowest BCUT2D eigenvalue weighted by Crippen LogP contribution is -2.61. The van der Waals surface area contributed by atoms with Gasteiger partial charge in [0, 0.05) is 6.54 Å². The van der Waals surface area contributed by atoms with Crippen LogP contribution < -0.4 is 0 Å². The zero-order chi connectivity index (χ0) is 14.6. The van der Waals surface area contributed by atoms with Crippen LogP contribution in [-0.2, 0) is 0 Å². The molecule has 0 amide bonds. The van der Waals surface area contributed by atoms with Gasteiger partial charge in [-0.1, -0.05) is 34.6 Å². The third-order valence-corrected chi connectivity index (χ3v) is 8.28. The summed E-state index contributed by atoms with van der Waals surface area (Å²) in [5, 5.41) is 0. The molecule has 0 aromatic heterocycles. The van der Waals surface area contributed by atoms with E-state index in [9.17, 15) is 0 Å². The van der Waals surface area contributed by atoms with Gasteiger partial charge in [0.05, 0.1) is 0 Å². The molecular weight excluding hydrogens is 251 g/mol. The molecule has 0 bridgehead atoms. The number of nitrogens with zero attached hydrogens (tertiary/aromatic N) is 4. The van der Waals surface area contributed by atoms with E-state index in [1.807, 2.05) is 0 Å². The van der Waals surface area contributed by atoms with Crippen LogP contribution in [-0.4, -0.2) is 90.3 Å². The van der Waals surface area contributed by atoms with Crippen molar-refractivity contribution in [1.82, 2.24) is 16.6 Å². The number of rotatable bonds is 7. The fourth-order valence-corrected chi connectivity index (χ4v) is 6.54. The molecule has 0 N–H and O–H groups in total. The first-order valence-electron chi connectivity index (χ1n) is 7.78. The zero-order valence-electron chi connectivity index (χ0n) is 14.1. The minimum atomic E-state index is -1.13. The summed E-state index contributed by atoms with van der Waals surface area (Å²) in [6, 6.07) is 1.35. The Morgan fingerprint density at radius 3 is 1.74 bits per heavy atom. The number of hydrogen-bond donors (Lipinski definition) is 0. The van der Waals surface area contributed by atoms with Crippen LogP contribution in [0.3, 0.4) is 0 Å². The second kappa shape index (κ2) is 7.97. The monoisotopic (exact) mass is 284 g/mol. The molecule has 0 saturated carbocycles. The maximum Gasteiger partial charge on any atom is 0.609 e. The average molecular weight is 284 g/mol. The van der Waals surface area contributed by atoms with Gasteiger partial charge in [-0.2, -0.15) is 0 Å². The van der Waals surface area contributed by atoms with Crippen molar-refractivity contribution >= 4 is 14.8 Å². The topological polar surface area (TPSA) is 13.0 Å². The maximum absolute atomic E-state index is 2.78. The summed E-state index contributed by atoms with van der Waals surface area (Å²) in [5.74, 6) is 0. The van der Waals surface area contributed by atoms with E-state index in [4.69, 9.17) is 0 Å². The van der Waals surface area contributed by atoms with E-state index in [0.29, 0.717) is 12.1 Å². The predicted molar refractivity (Wildman–Crippen MR) is 85.2 cm³/mol. The minimum absolute atomic E-state index is 0.675. The van der Waals surface area contributed by atoms with Crippen LogP contribution in [0.2, 0.25) is 0 Å². The van der Waals surface area contributed by atoms with Crippen molar-refractivity contribution in [2.45, 2.75) is 46.7 Å². The molecule has 19 heavy (non-hydrogen) atoms. The fraction of sp³-hybridized carbons (Fsp3) is 1.00.